The van der Waals surface area contributed by atoms with Crippen LogP contribution in [0, 0.1) is 11.8 Å². The molecule has 2 heterocycles. The molecule has 1 N–H and O–H groups in total. The first-order valence-electron chi connectivity index (χ1n) is 9.03. The van der Waals surface area contributed by atoms with Gasteiger partial charge >= 0.3 is 5.97 Å². The molecule has 0 aromatic heterocycles. The molecule has 6 heteroatoms. The van der Waals surface area contributed by atoms with E-state index in [1.54, 1.807) is 0 Å². The molecule has 0 amide bonds. The maximum Gasteiger partial charge on any atom is 0.330 e. The fourth-order valence-electron chi connectivity index (χ4n) is 4.45. The molecule has 134 valence electrons. The molecule has 6 nitrogen and oxygen atoms in total. The SMILES string of the molecule is C=CC(=O)OC1CCC2(CC1O)OCC(C1CCC3OC3C1)CO2. The van der Waals surface area contributed by atoms with Crippen LogP contribution in [0.5, 0.6) is 0 Å². The molecule has 2 saturated heterocycles. The number of esters is 1. The highest BCUT2D eigenvalue weighted by molar-refractivity contribution is 5.81. The van der Waals surface area contributed by atoms with Gasteiger partial charge in [-0.25, -0.2) is 4.79 Å². The number of carbonyl (C=O) groups is 1. The Labute approximate surface area is 142 Å². The lowest BCUT2D eigenvalue weighted by molar-refractivity contribution is -0.316. The number of rotatable bonds is 3. The Bertz CT molecular complexity index is 498. The van der Waals surface area contributed by atoms with Crippen LogP contribution in [-0.4, -0.2) is 54.5 Å². The first-order chi connectivity index (χ1) is 11.6. The molecule has 4 aliphatic rings. The van der Waals surface area contributed by atoms with Crippen molar-refractivity contribution in [1.29, 1.82) is 0 Å². The summed E-state index contributed by atoms with van der Waals surface area (Å²) in [5, 5.41) is 10.3. The molecule has 0 radical (unpaired) electrons. The van der Waals surface area contributed by atoms with E-state index in [-0.39, 0.29) is 0 Å². The molecule has 1 spiro atoms. The highest BCUT2D eigenvalue weighted by atomic mass is 16.7. The van der Waals surface area contributed by atoms with Crippen LogP contribution in [0.2, 0.25) is 0 Å². The van der Waals surface area contributed by atoms with Gasteiger partial charge in [0, 0.05) is 24.8 Å². The van der Waals surface area contributed by atoms with Gasteiger partial charge in [-0.1, -0.05) is 6.58 Å². The number of fused-ring (bicyclic) bond motifs is 1. The quantitative estimate of drug-likeness (QED) is 0.478. The number of carbonyl (C=O) groups excluding carboxylic acids is 1. The van der Waals surface area contributed by atoms with Crippen molar-refractivity contribution >= 4 is 5.97 Å². The monoisotopic (exact) mass is 338 g/mol. The van der Waals surface area contributed by atoms with Crippen molar-refractivity contribution < 1.29 is 28.8 Å². The molecular formula is C18H26O6. The Morgan fingerprint density at radius 1 is 1.17 bits per heavy atom. The number of hydrogen-bond donors (Lipinski definition) is 1. The summed E-state index contributed by atoms with van der Waals surface area (Å²) in [6, 6.07) is 0. The first-order valence-corrected chi connectivity index (χ1v) is 9.03. The molecule has 5 unspecified atom stereocenters. The zero-order valence-corrected chi connectivity index (χ0v) is 13.9. The number of aliphatic hydroxyl groups is 1. The van der Waals surface area contributed by atoms with Crippen molar-refractivity contribution in [2.24, 2.45) is 11.8 Å². The number of hydrogen-bond acceptors (Lipinski definition) is 6. The maximum atomic E-state index is 11.3. The van der Waals surface area contributed by atoms with Crippen LogP contribution in [0.15, 0.2) is 12.7 Å². The van der Waals surface area contributed by atoms with Crippen molar-refractivity contribution in [1.82, 2.24) is 0 Å². The Kier molecular flexibility index (Phi) is 4.41. The minimum Gasteiger partial charge on any atom is -0.456 e. The molecule has 2 saturated carbocycles. The minimum absolute atomic E-state index is 0.341. The van der Waals surface area contributed by atoms with Gasteiger partial charge in [0.25, 0.3) is 0 Å². The van der Waals surface area contributed by atoms with Crippen molar-refractivity contribution in [3.8, 4) is 0 Å². The van der Waals surface area contributed by atoms with Crippen LogP contribution >= 0.6 is 0 Å². The molecule has 0 bridgehead atoms. The standard InChI is InChI=1S/C18H26O6/c1-2-17(20)24-14-5-6-18(8-13(14)19)21-9-12(10-22-18)11-3-4-15-16(7-11)23-15/h2,11-16,19H,1,3-10H2. The molecular weight excluding hydrogens is 312 g/mol. The molecule has 4 rings (SSSR count). The largest absolute Gasteiger partial charge is 0.456 e. The lowest BCUT2D eigenvalue weighted by atomic mass is 9.79. The smallest absolute Gasteiger partial charge is 0.330 e. The van der Waals surface area contributed by atoms with Crippen LogP contribution < -0.4 is 0 Å². The van der Waals surface area contributed by atoms with Gasteiger partial charge in [-0.15, -0.1) is 0 Å². The molecule has 2 aliphatic carbocycles. The minimum atomic E-state index is -0.769. The topological polar surface area (TPSA) is 77.5 Å². The van der Waals surface area contributed by atoms with Crippen molar-refractivity contribution in [3.63, 3.8) is 0 Å². The van der Waals surface area contributed by atoms with Gasteiger partial charge in [0.1, 0.15) is 6.10 Å². The van der Waals surface area contributed by atoms with Crippen LogP contribution in [-0.2, 0) is 23.7 Å². The summed E-state index contributed by atoms with van der Waals surface area (Å²) in [6.45, 7) is 4.73. The van der Waals surface area contributed by atoms with Gasteiger partial charge in [-0.2, -0.15) is 0 Å². The highest BCUT2D eigenvalue weighted by Gasteiger charge is 2.50. The van der Waals surface area contributed by atoms with Crippen LogP contribution in [0.4, 0.5) is 0 Å². The number of aliphatic hydroxyl groups excluding tert-OH is 1. The van der Waals surface area contributed by atoms with Gasteiger partial charge in [0.05, 0.1) is 31.5 Å². The van der Waals surface area contributed by atoms with E-state index in [1.165, 1.54) is 6.42 Å². The van der Waals surface area contributed by atoms with Crippen LogP contribution in [0.1, 0.15) is 38.5 Å². The van der Waals surface area contributed by atoms with Crippen molar-refractivity contribution in [2.45, 2.75) is 68.7 Å². The maximum absolute atomic E-state index is 11.3. The van der Waals surface area contributed by atoms with E-state index in [0.29, 0.717) is 56.5 Å². The van der Waals surface area contributed by atoms with Crippen molar-refractivity contribution in [3.05, 3.63) is 12.7 Å². The third-order valence-electron chi connectivity index (χ3n) is 6.03. The first kappa shape index (κ1) is 16.5. The van der Waals surface area contributed by atoms with Crippen molar-refractivity contribution in [2.75, 3.05) is 13.2 Å². The zero-order valence-electron chi connectivity index (χ0n) is 13.9. The van der Waals surface area contributed by atoms with E-state index in [9.17, 15) is 9.90 Å². The molecule has 4 fully saturated rings. The fourth-order valence-corrected chi connectivity index (χ4v) is 4.45. The van der Waals surface area contributed by atoms with E-state index in [0.717, 1.165) is 18.9 Å². The van der Waals surface area contributed by atoms with E-state index < -0.39 is 24.0 Å². The predicted octanol–water partition coefficient (Wildman–Crippen LogP) is 1.56. The average molecular weight is 338 g/mol. The Hall–Kier alpha value is -0.950. The average Bonchev–Trinajstić information content (AvgIpc) is 3.37. The van der Waals surface area contributed by atoms with Crippen LogP contribution in [0.3, 0.4) is 0 Å². The molecule has 2 aliphatic heterocycles. The Balaban J connectivity index is 1.29. The van der Waals surface area contributed by atoms with E-state index in [4.69, 9.17) is 18.9 Å². The summed E-state index contributed by atoms with van der Waals surface area (Å²) in [7, 11) is 0. The predicted molar refractivity (Wildman–Crippen MR) is 84.1 cm³/mol. The number of ether oxygens (including phenoxy) is 4. The summed E-state index contributed by atoms with van der Waals surface area (Å²) in [6.07, 6.45) is 5.80. The molecule has 0 aromatic carbocycles. The second kappa shape index (κ2) is 6.41. The highest BCUT2D eigenvalue weighted by Crippen LogP contribution is 2.45. The molecule has 24 heavy (non-hydrogen) atoms. The second-order valence-electron chi connectivity index (χ2n) is 7.57. The fraction of sp³-hybridized carbons (Fsp3) is 0.833. The van der Waals surface area contributed by atoms with E-state index in [1.807, 2.05) is 0 Å². The van der Waals surface area contributed by atoms with Gasteiger partial charge < -0.3 is 24.1 Å². The summed E-state index contributed by atoms with van der Waals surface area (Å²) in [5.41, 5.74) is 0. The summed E-state index contributed by atoms with van der Waals surface area (Å²) >= 11 is 0. The summed E-state index contributed by atoms with van der Waals surface area (Å²) in [5.74, 6) is -0.200. The number of epoxide rings is 1. The van der Waals surface area contributed by atoms with Gasteiger partial charge in [-0.05, 0) is 31.6 Å². The lowest BCUT2D eigenvalue weighted by Crippen LogP contribution is -2.53. The Morgan fingerprint density at radius 2 is 1.96 bits per heavy atom. The lowest BCUT2D eigenvalue weighted by Gasteiger charge is -2.47. The Morgan fingerprint density at radius 3 is 2.62 bits per heavy atom. The van der Waals surface area contributed by atoms with Crippen LogP contribution in [0.25, 0.3) is 0 Å². The van der Waals surface area contributed by atoms with Gasteiger partial charge in [-0.3, -0.25) is 0 Å². The summed E-state index contributed by atoms with van der Waals surface area (Å²) < 4.78 is 23.0. The van der Waals surface area contributed by atoms with E-state index in [2.05, 4.69) is 6.58 Å². The normalized spacial score (nSPS) is 47.7. The zero-order chi connectivity index (χ0) is 16.7. The van der Waals surface area contributed by atoms with E-state index >= 15 is 0 Å². The molecule has 5 atom stereocenters. The van der Waals surface area contributed by atoms with Gasteiger partial charge in [0.2, 0.25) is 0 Å². The third-order valence-corrected chi connectivity index (χ3v) is 6.03. The summed E-state index contributed by atoms with van der Waals surface area (Å²) in [4.78, 5) is 11.3. The molecule has 0 aromatic rings. The second-order valence-corrected chi connectivity index (χ2v) is 7.57. The van der Waals surface area contributed by atoms with Gasteiger partial charge in [0.15, 0.2) is 5.79 Å². The third kappa shape index (κ3) is 3.25.